The first kappa shape index (κ1) is 16.4. The van der Waals surface area contributed by atoms with E-state index in [0.29, 0.717) is 0 Å². The largest absolute Gasteiger partial charge is 0.478 e. The second-order valence-corrected chi connectivity index (χ2v) is 4.45. The van der Waals surface area contributed by atoms with Gasteiger partial charge in [0.1, 0.15) is 0 Å². The smallest absolute Gasteiger partial charge is 0.328 e. The molecule has 0 saturated carbocycles. The number of hydrogen-bond acceptors (Lipinski definition) is 2. The molecule has 0 atom stereocenters. The molecule has 1 rings (SSSR count). The van der Waals surface area contributed by atoms with Crippen molar-refractivity contribution in [2.75, 3.05) is 0 Å². The topological polar surface area (TPSA) is 55.1 Å². The van der Waals surface area contributed by atoms with Crippen molar-refractivity contribution in [3.05, 3.63) is 43.0 Å². The molecule has 1 aromatic heterocycles. The summed E-state index contributed by atoms with van der Waals surface area (Å²) in [5.74, 6) is -0.923. The molecule has 0 fully saturated rings. The molecular weight excluding hydrogens is 252 g/mol. The van der Waals surface area contributed by atoms with Crippen LogP contribution < -0.4 is 0 Å². The van der Waals surface area contributed by atoms with Crippen LogP contribution in [0.4, 0.5) is 0 Å². The summed E-state index contributed by atoms with van der Waals surface area (Å²) >= 11 is 0. The molecule has 100 valence electrons. The number of nitrogens with zero attached hydrogens (tertiary/aromatic N) is 2. The molecule has 0 spiro atoms. The normalized spacial score (nSPS) is 11.9. The van der Waals surface area contributed by atoms with Crippen LogP contribution in [0.2, 0.25) is 0 Å². The average Bonchev–Trinajstić information content (AvgIpc) is 2.76. The minimum atomic E-state index is -0.923. The third-order valence-electron chi connectivity index (χ3n) is 2.61. The highest BCUT2D eigenvalue weighted by Crippen LogP contribution is 2.21. The van der Waals surface area contributed by atoms with Gasteiger partial charge in [0.25, 0.3) is 0 Å². The Balaban J connectivity index is 0.00000289. The number of aromatic nitrogens is 2. The van der Waals surface area contributed by atoms with Crippen molar-refractivity contribution in [3.63, 3.8) is 0 Å². The van der Waals surface area contributed by atoms with E-state index in [0.717, 1.165) is 18.9 Å². The number of imidazole rings is 1. The van der Waals surface area contributed by atoms with Gasteiger partial charge in [-0.25, -0.2) is 9.78 Å². The number of carbonyl (C=O) groups is 1. The van der Waals surface area contributed by atoms with E-state index in [9.17, 15) is 4.79 Å². The number of aliphatic carboxylic acids is 1. The van der Waals surface area contributed by atoms with Gasteiger partial charge in [0.2, 0.25) is 0 Å². The summed E-state index contributed by atoms with van der Waals surface area (Å²) in [5.41, 5.74) is 0.0252. The van der Waals surface area contributed by atoms with Crippen molar-refractivity contribution >= 4 is 18.4 Å². The van der Waals surface area contributed by atoms with Crippen molar-refractivity contribution in [2.45, 2.75) is 32.2 Å². The molecule has 0 bridgehead atoms. The quantitative estimate of drug-likeness (QED) is 0.639. The van der Waals surface area contributed by atoms with Gasteiger partial charge in [0, 0.05) is 24.0 Å². The van der Waals surface area contributed by atoms with E-state index in [1.54, 1.807) is 12.3 Å². The van der Waals surface area contributed by atoms with Crippen LogP contribution in [0.25, 0.3) is 0 Å². The van der Waals surface area contributed by atoms with Gasteiger partial charge >= 0.3 is 5.97 Å². The lowest BCUT2D eigenvalue weighted by atomic mass is 9.98. The molecule has 0 aromatic carbocycles. The van der Waals surface area contributed by atoms with Crippen molar-refractivity contribution in [2.24, 2.45) is 0 Å². The Labute approximate surface area is 113 Å². The first-order valence-corrected chi connectivity index (χ1v) is 5.57. The lowest BCUT2D eigenvalue weighted by Gasteiger charge is -2.25. The van der Waals surface area contributed by atoms with Crippen molar-refractivity contribution < 1.29 is 9.90 Å². The molecular formula is C13H19ClN2O2. The zero-order valence-corrected chi connectivity index (χ0v) is 11.4. The molecule has 4 nitrogen and oxygen atoms in total. The predicted molar refractivity (Wildman–Crippen MR) is 73.9 cm³/mol. The fraction of sp³-hybridized carbons (Fsp3) is 0.385. The van der Waals surface area contributed by atoms with Crippen LogP contribution in [0, 0.1) is 0 Å². The molecule has 1 N–H and O–H groups in total. The minimum absolute atomic E-state index is 0. The van der Waals surface area contributed by atoms with E-state index in [1.165, 1.54) is 6.08 Å². The van der Waals surface area contributed by atoms with Gasteiger partial charge in [-0.15, -0.1) is 12.4 Å². The van der Waals surface area contributed by atoms with E-state index >= 15 is 0 Å². The molecule has 0 aliphatic carbocycles. The van der Waals surface area contributed by atoms with Crippen LogP contribution in [-0.2, 0) is 10.3 Å². The van der Waals surface area contributed by atoms with E-state index in [2.05, 4.69) is 23.4 Å². The number of rotatable bonds is 6. The zero-order valence-electron chi connectivity index (χ0n) is 10.6. The fourth-order valence-corrected chi connectivity index (χ4v) is 1.50. The molecule has 18 heavy (non-hydrogen) atoms. The van der Waals surface area contributed by atoms with Gasteiger partial charge in [0.05, 0.1) is 6.33 Å². The maximum atomic E-state index is 10.2. The maximum absolute atomic E-state index is 10.2. The Kier molecular flexibility index (Phi) is 7.05. The molecule has 5 heteroatoms. The molecule has 0 radical (unpaired) electrons. The molecule has 0 aliphatic heterocycles. The Hall–Kier alpha value is -1.55. The molecule has 0 saturated heterocycles. The molecule has 1 heterocycles. The highest BCUT2D eigenvalue weighted by Gasteiger charge is 2.17. The predicted octanol–water partition coefficient (Wildman–Crippen LogP) is 3.02. The first-order valence-electron chi connectivity index (χ1n) is 5.57. The van der Waals surface area contributed by atoms with E-state index in [-0.39, 0.29) is 17.9 Å². The standard InChI is InChI=1S/C13H18N2O2.ClH/c1-13(2,15-10-9-14-11-15)8-6-4-3-5-7-12(16)17;/h3-5,7,9-11H,6,8H2,1-2H3,(H,16,17);1H/b4-3+,7-5+;. The molecule has 0 aliphatic rings. The zero-order chi connectivity index (χ0) is 12.7. The molecule has 0 unspecified atom stereocenters. The van der Waals surface area contributed by atoms with Crippen molar-refractivity contribution in [3.8, 4) is 0 Å². The number of hydrogen-bond donors (Lipinski definition) is 1. The van der Waals surface area contributed by atoms with Crippen LogP contribution in [0.5, 0.6) is 0 Å². The summed E-state index contributed by atoms with van der Waals surface area (Å²) in [6.07, 6.45) is 13.8. The second-order valence-electron chi connectivity index (χ2n) is 4.45. The van der Waals surface area contributed by atoms with Crippen molar-refractivity contribution in [1.29, 1.82) is 0 Å². The Morgan fingerprint density at radius 3 is 2.72 bits per heavy atom. The number of carboxylic acids is 1. The highest BCUT2D eigenvalue weighted by molar-refractivity contribution is 5.85. The Bertz CT molecular complexity index is 409. The number of halogens is 1. The van der Waals surface area contributed by atoms with Crippen LogP contribution in [0.15, 0.2) is 43.0 Å². The summed E-state index contributed by atoms with van der Waals surface area (Å²) < 4.78 is 2.08. The SMILES string of the molecule is CC(C)(CC/C=C/C=C/C(=O)O)n1ccnc1.Cl. The summed E-state index contributed by atoms with van der Waals surface area (Å²) in [6.45, 7) is 4.30. The monoisotopic (exact) mass is 270 g/mol. The Morgan fingerprint density at radius 1 is 1.44 bits per heavy atom. The minimum Gasteiger partial charge on any atom is -0.478 e. The van der Waals surface area contributed by atoms with E-state index < -0.39 is 5.97 Å². The van der Waals surface area contributed by atoms with Crippen LogP contribution in [0.1, 0.15) is 26.7 Å². The summed E-state index contributed by atoms with van der Waals surface area (Å²) in [5, 5.41) is 8.39. The first-order chi connectivity index (χ1) is 8.02. The van der Waals surface area contributed by atoms with Gasteiger partial charge in [-0.2, -0.15) is 0 Å². The summed E-state index contributed by atoms with van der Waals surface area (Å²) in [4.78, 5) is 14.2. The number of allylic oxidation sites excluding steroid dienone is 3. The van der Waals surface area contributed by atoms with Crippen molar-refractivity contribution in [1.82, 2.24) is 9.55 Å². The van der Waals surface area contributed by atoms with E-state index in [1.807, 2.05) is 18.6 Å². The van der Waals surface area contributed by atoms with Crippen LogP contribution in [-0.4, -0.2) is 20.6 Å². The maximum Gasteiger partial charge on any atom is 0.328 e. The lowest BCUT2D eigenvalue weighted by Crippen LogP contribution is -2.24. The molecule has 1 aromatic rings. The van der Waals surface area contributed by atoms with Gasteiger partial charge in [0.15, 0.2) is 0 Å². The van der Waals surface area contributed by atoms with E-state index in [4.69, 9.17) is 5.11 Å². The van der Waals surface area contributed by atoms with Gasteiger partial charge in [-0.1, -0.05) is 18.2 Å². The fourth-order valence-electron chi connectivity index (χ4n) is 1.50. The summed E-state index contributed by atoms with van der Waals surface area (Å²) in [6, 6.07) is 0. The second kappa shape index (κ2) is 7.71. The van der Waals surface area contributed by atoms with Crippen LogP contribution in [0.3, 0.4) is 0 Å². The lowest BCUT2D eigenvalue weighted by molar-refractivity contribution is -0.131. The average molecular weight is 271 g/mol. The van der Waals surface area contributed by atoms with Gasteiger partial charge in [-0.05, 0) is 26.7 Å². The van der Waals surface area contributed by atoms with Crippen LogP contribution >= 0.6 is 12.4 Å². The Morgan fingerprint density at radius 2 is 2.17 bits per heavy atom. The summed E-state index contributed by atoms with van der Waals surface area (Å²) in [7, 11) is 0. The van der Waals surface area contributed by atoms with Gasteiger partial charge in [-0.3, -0.25) is 0 Å². The van der Waals surface area contributed by atoms with Gasteiger partial charge < -0.3 is 9.67 Å². The third-order valence-corrected chi connectivity index (χ3v) is 2.61. The molecule has 0 amide bonds. The number of carboxylic acid groups (broad SMARTS) is 1. The highest BCUT2D eigenvalue weighted by atomic mass is 35.5. The third kappa shape index (κ3) is 5.68.